The van der Waals surface area contributed by atoms with Crippen LogP contribution in [0.15, 0.2) is 20.1 Å². The molecule has 7 nitrogen and oxygen atoms in total. The number of carboxylic acid groups (broad SMARTS) is 1. The molecule has 0 spiro atoms. The lowest BCUT2D eigenvalue weighted by atomic mass is 10.2. The van der Waals surface area contributed by atoms with Gasteiger partial charge in [-0.05, 0) is 34.5 Å². The fraction of sp³-hybridized carbons (Fsp3) is 0.400. The van der Waals surface area contributed by atoms with Crippen LogP contribution >= 0.6 is 27.3 Å². The first-order chi connectivity index (χ1) is 9.26. The lowest BCUT2D eigenvalue weighted by molar-refractivity contribution is -0.142. The number of halogens is 1. The van der Waals surface area contributed by atoms with E-state index in [9.17, 15) is 18.0 Å². The summed E-state index contributed by atoms with van der Waals surface area (Å²) in [5.74, 6) is -1.96. The van der Waals surface area contributed by atoms with Crippen molar-refractivity contribution in [2.24, 2.45) is 0 Å². The summed E-state index contributed by atoms with van der Waals surface area (Å²) in [6, 6.07) is 1.51. The molecular weight excluding hydrogens is 374 g/mol. The van der Waals surface area contributed by atoms with Crippen LogP contribution in [0.2, 0.25) is 0 Å². The van der Waals surface area contributed by atoms with Gasteiger partial charge in [0.1, 0.15) is 10.3 Å². The number of nitrogens with one attached hydrogen (secondary N) is 1. The summed E-state index contributed by atoms with van der Waals surface area (Å²) in [6.07, 6.45) is -0.377. The maximum Gasteiger partial charge on any atom is 0.321 e. The molecule has 1 rings (SSSR count). The van der Waals surface area contributed by atoms with Gasteiger partial charge in [0.15, 0.2) is 0 Å². The van der Waals surface area contributed by atoms with Gasteiger partial charge in [-0.15, -0.1) is 11.3 Å². The zero-order valence-electron chi connectivity index (χ0n) is 10.3. The van der Waals surface area contributed by atoms with E-state index in [0.29, 0.717) is 3.79 Å². The number of esters is 1. The molecule has 0 aliphatic rings. The Balaban J connectivity index is 2.80. The van der Waals surface area contributed by atoms with Crippen molar-refractivity contribution in [3.63, 3.8) is 0 Å². The van der Waals surface area contributed by atoms with Gasteiger partial charge in [-0.1, -0.05) is 0 Å². The van der Waals surface area contributed by atoms with Gasteiger partial charge in [0.05, 0.1) is 10.9 Å². The van der Waals surface area contributed by atoms with Crippen LogP contribution in [0.5, 0.6) is 0 Å². The Morgan fingerprint density at radius 3 is 2.60 bits per heavy atom. The maximum atomic E-state index is 12.0. The molecule has 112 valence electrons. The quantitative estimate of drug-likeness (QED) is 0.682. The molecule has 0 aliphatic heterocycles. The number of methoxy groups -OCH3 is 1. The van der Waals surface area contributed by atoms with E-state index in [4.69, 9.17) is 5.11 Å². The summed E-state index contributed by atoms with van der Waals surface area (Å²) < 4.78 is 31.0. The van der Waals surface area contributed by atoms with Crippen LogP contribution in [-0.4, -0.2) is 38.6 Å². The summed E-state index contributed by atoms with van der Waals surface area (Å²) in [6.45, 7) is 0. The molecule has 2 N–H and O–H groups in total. The Labute approximate surface area is 128 Å². The number of carbonyl (C=O) groups excluding carboxylic acids is 1. The van der Waals surface area contributed by atoms with Crippen molar-refractivity contribution in [3.05, 3.63) is 15.9 Å². The van der Waals surface area contributed by atoms with E-state index < -0.39 is 28.0 Å². The van der Waals surface area contributed by atoms with Gasteiger partial charge in [-0.25, -0.2) is 8.42 Å². The van der Waals surface area contributed by atoms with Crippen molar-refractivity contribution < 1.29 is 27.9 Å². The highest BCUT2D eigenvalue weighted by Gasteiger charge is 2.27. The van der Waals surface area contributed by atoms with Crippen molar-refractivity contribution in [1.82, 2.24) is 4.72 Å². The molecule has 0 amide bonds. The molecular formula is C10H12BrNO6S2. The van der Waals surface area contributed by atoms with E-state index in [1.54, 1.807) is 6.07 Å². The molecule has 10 heteroatoms. The van der Waals surface area contributed by atoms with E-state index in [2.05, 4.69) is 25.4 Å². The molecule has 0 saturated heterocycles. The first kappa shape index (κ1) is 17.1. The third kappa shape index (κ3) is 4.85. The van der Waals surface area contributed by atoms with Crippen LogP contribution in [0.4, 0.5) is 0 Å². The Hall–Kier alpha value is -0.970. The van der Waals surface area contributed by atoms with E-state index in [1.807, 2.05) is 0 Å². The fourth-order valence-corrected chi connectivity index (χ4v) is 4.53. The van der Waals surface area contributed by atoms with Crippen molar-refractivity contribution in [2.75, 3.05) is 7.11 Å². The summed E-state index contributed by atoms with van der Waals surface area (Å²) in [7, 11) is -2.76. The van der Waals surface area contributed by atoms with Gasteiger partial charge in [-0.2, -0.15) is 4.72 Å². The molecule has 20 heavy (non-hydrogen) atoms. The van der Waals surface area contributed by atoms with E-state index >= 15 is 0 Å². The molecule has 0 saturated carbocycles. The number of hydrogen-bond donors (Lipinski definition) is 2. The van der Waals surface area contributed by atoms with E-state index in [1.165, 1.54) is 13.2 Å². The predicted molar refractivity (Wildman–Crippen MR) is 75.0 cm³/mol. The minimum atomic E-state index is -3.93. The minimum Gasteiger partial charge on any atom is -0.480 e. The molecule has 1 aromatic heterocycles. The molecule has 0 aliphatic carbocycles. The highest BCUT2D eigenvalue weighted by atomic mass is 79.9. The fourth-order valence-electron chi connectivity index (χ4n) is 1.28. The third-order valence-electron chi connectivity index (χ3n) is 2.27. The van der Waals surface area contributed by atoms with Crippen LogP contribution in [0, 0.1) is 0 Å². The summed E-state index contributed by atoms with van der Waals surface area (Å²) in [5, 5.41) is 8.99. The molecule has 0 radical (unpaired) electrons. The van der Waals surface area contributed by atoms with Crippen LogP contribution < -0.4 is 4.72 Å². The molecule has 1 aromatic rings. The monoisotopic (exact) mass is 385 g/mol. The predicted octanol–water partition coefficient (Wildman–Crippen LogP) is 1.20. The van der Waals surface area contributed by atoms with Crippen LogP contribution in [0.25, 0.3) is 0 Å². The normalized spacial score (nSPS) is 12.9. The Kier molecular flexibility index (Phi) is 6.11. The van der Waals surface area contributed by atoms with Gasteiger partial charge in [0.2, 0.25) is 0 Å². The Bertz CT molecular complexity index is 597. The topological polar surface area (TPSA) is 110 Å². The SMILES string of the molecule is COC(=O)CC[C@H](NS(=O)(=O)c1ccc(Br)s1)C(=O)O. The van der Waals surface area contributed by atoms with Crippen molar-refractivity contribution in [2.45, 2.75) is 23.1 Å². The van der Waals surface area contributed by atoms with Crippen molar-refractivity contribution in [1.29, 1.82) is 0 Å². The third-order valence-corrected chi connectivity index (χ3v) is 5.86. The van der Waals surface area contributed by atoms with Crippen molar-refractivity contribution >= 4 is 49.2 Å². The van der Waals surface area contributed by atoms with Gasteiger partial charge in [-0.3, -0.25) is 9.59 Å². The first-order valence-corrected chi connectivity index (χ1v) is 8.43. The van der Waals surface area contributed by atoms with Crippen LogP contribution in [-0.2, 0) is 24.3 Å². The lowest BCUT2D eigenvalue weighted by Crippen LogP contribution is -2.40. The standard InChI is InChI=1S/C10H12BrNO6S2/c1-18-8(13)4-2-6(10(14)15)12-20(16,17)9-5-3-7(11)19-9/h3,5-6,12H,2,4H2,1H3,(H,14,15)/t6-/m0/s1. The summed E-state index contributed by atoms with van der Waals surface area (Å²) in [4.78, 5) is 22.0. The minimum absolute atomic E-state index is 0.00584. The van der Waals surface area contributed by atoms with Gasteiger partial charge < -0.3 is 9.84 Å². The van der Waals surface area contributed by atoms with Crippen molar-refractivity contribution in [3.8, 4) is 0 Å². The number of hydrogen-bond acceptors (Lipinski definition) is 6. The second-order valence-electron chi connectivity index (χ2n) is 3.69. The molecule has 1 heterocycles. The zero-order valence-corrected chi connectivity index (χ0v) is 13.5. The summed E-state index contributed by atoms with van der Waals surface area (Å²) in [5.41, 5.74) is 0. The molecule has 0 aromatic carbocycles. The highest BCUT2D eigenvalue weighted by molar-refractivity contribution is 9.11. The molecule has 0 bridgehead atoms. The van der Waals surface area contributed by atoms with Gasteiger partial charge in [0.25, 0.3) is 10.0 Å². The molecule has 0 fully saturated rings. The summed E-state index contributed by atoms with van der Waals surface area (Å²) >= 11 is 4.09. The van der Waals surface area contributed by atoms with E-state index in [-0.39, 0.29) is 17.1 Å². The number of aliphatic carboxylic acids is 1. The lowest BCUT2D eigenvalue weighted by Gasteiger charge is -2.13. The van der Waals surface area contributed by atoms with Gasteiger partial charge in [0, 0.05) is 6.42 Å². The van der Waals surface area contributed by atoms with Crippen LogP contribution in [0.1, 0.15) is 12.8 Å². The maximum absolute atomic E-state index is 12.0. The highest BCUT2D eigenvalue weighted by Crippen LogP contribution is 2.26. The first-order valence-electron chi connectivity index (χ1n) is 5.33. The van der Waals surface area contributed by atoms with E-state index in [0.717, 1.165) is 11.3 Å². The molecule has 0 unspecified atom stereocenters. The average molecular weight is 386 g/mol. The number of rotatable bonds is 7. The largest absolute Gasteiger partial charge is 0.480 e. The Morgan fingerprint density at radius 2 is 2.15 bits per heavy atom. The second-order valence-corrected chi connectivity index (χ2v) is 8.09. The number of carboxylic acids is 1. The second kappa shape index (κ2) is 7.16. The van der Waals surface area contributed by atoms with Gasteiger partial charge >= 0.3 is 11.9 Å². The number of ether oxygens (including phenoxy) is 1. The zero-order chi connectivity index (χ0) is 15.3. The van der Waals surface area contributed by atoms with Crippen LogP contribution in [0.3, 0.4) is 0 Å². The smallest absolute Gasteiger partial charge is 0.321 e. The number of carbonyl (C=O) groups is 2. The molecule has 1 atom stereocenters. The number of thiophene rings is 1. The average Bonchev–Trinajstić information content (AvgIpc) is 2.81. The Morgan fingerprint density at radius 1 is 1.50 bits per heavy atom. The number of sulfonamides is 1.